The maximum Gasteiger partial charge on any atom is 0.0669 e. The van der Waals surface area contributed by atoms with Crippen molar-refractivity contribution in [2.24, 2.45) is 5.73 Å². The predicted molar refractivity (Wildman–Crippen MR) is 82.8 cm³/mol. The quantitative estimate of drug-likeness (QED) is 0.895. The molecule has 106 valence electrons. The van der Waals surface area contributed by atoms with E-state index in [0.29, 0.717) is 11.4 Å². The first-order valence-corrected chi connectivity index (χ1v) is 8.11. The van der Waals surface area contributed by atoms with Crippen LogP contribution in [0.4, 0.5) is 0 Å². The average molecular weight is 279 g/mol. The van der Waals surface area contributed by atoms with E-state index in [1.54, 1.807) is 0 Å². The molecule has 1 saturated heterocycles. The molecule has 0 aliphatic carbocycles. The lowest BCUT2D eigenvalue weighted by Gasteiger charge is -2.18. The van der Waals surface area contributed by atoms with Crippen molar-refractivity contribution in [2.75, 3.05) is 6.61 Å². The maximum absolute atomic E-state index is 6.13. The van der Waals surface area contributed by atoms with Crippen LogP contribution in [-0.2, 0) is 11.2 Å². The summed E-state index contributed by atoms with van der Waals surface area (Å²) in [7, 11) is 0. The topological polar surface area (TPSA) is 35.2 Å². The molecule has 0 amide bonds. The van der Waals surface area contributed by atoms with Gasteiger partial charge in [-0.1, -0.05) is 24.6 Å². The molecule has 1 fully saturated rings. The van der Waals surface area contributed by atoms with Crippen molar-refractivity contribution in [3.05, 3.63) is 29.3 Å². The van der Waals surface area contributed by atoms with Gasteiger partial charge in [0, 0.05) is 22.8 Å². The molecule has 2 nitrogen and oxygen atoms in total. The molecule has 0 spiro atoms. The summed E-state index contributed by atoms with van der Waals surface area (Å²) in [6.07, 6.45) is 3.52. The summed E-state index contributed by atoms with van der Waals surface area (Å²) in [5.41, 5.74) is 8.84. The van der Waals surface area contributed by atoms with Crippen molar-refractivity contribution >= 4 is 11.8 Å². The first-order valence-electron chi connectivity index (χ1n) is 7.23. The first-order chi connectivity index (χ1) is 9.10. The van der Waals surface area contributed by atoms with Crippen LogP contribution in [0, 0.1) is 6.92 Å². The zero-order valence-corrected chi connectivity index (χ0v) is 13.0. The third-order valence-corrected chi connectivity index (χ3v) is 5.38. The Hall–Kier alpha value is -0.510. The number of hydrogen-bond donors (Lipinski definition) is 1. The summed E-state index contributed by atoms with van der Waals surface area (Å²) in [5.74, 6) is 0. The molecule has 2 rings (SSSR count). The molecular weight excluding hydrogens is 254 g/mol. The summed E-state index contributed by atoms with van der Waals surface area (Å²) in [5, 5.41) is 0.583. The van der Waals surface area contributed by atoms with Gasteiger partial charge in [0.25, 0.3) is 0 Å². The van der Waals surface area contributed by atoms with Crippen LogP contribution >= 0.6 is 11.8 Å². The Kier molecular flexibility index (Phi) is 5.31. The molecule has 2 N–H and O–H groups in total. The predicted octanol–water partition coefficient (Wildman–Crippen LogP) is 3.54. The Labute approximate surface area is 121 Å². The van der Waals surface area contributed by atoms with Crippen LogP contribution in [-0.4, -0.2) is 24.0 Å². The van der Waals surface area contributed by atoms with Gasteiger partial charge in [-0.2, -0.15) is 0 Å². The van der Waals surface area contributed by atoms with E-state index < -0.39 is 0 Å². The van der Waals surface area contributed by atoms with Crippen molar-refractivity contribution in [3.8, 4) is 0 Å². The molecule has 0 saturated carbocycles. The molecule has 1 heterocycles. The molecule has 19 heavy (non-hydrogen) atoms. The fourth-order valence-corrected chi connectivity index (χ4v) is 3.69. The minimum Gasteiger partial charge on any atom is -0.377 e. The second-order valence-electron chi connectivity index (χ2n) is 5.50. The van der Waals surface area contributed by atoms with E-state index in [9.17, 15) is 0 Å². The van der Waals surface area contributed by atoms with Gasteiger partial charge in [-0.15, -0.1) is 11.8 Å². The summed E-state index contributed by atoms with van der Waals surface area (Å²) in [4.78, 5) is 1.39. The number of hydrogen-bond acceptors (Lipinski definition) is 3. The van der Waals surface area contributed by atoms with Crippen LogP contribution in [0.5, 0.6) is 0 Å². The molecule has 3 unspecified atom stereocenters. The van der Waals surface area contributed by atoms with Gasteiger partial charge in [-0.05, 0) is 44.7 Å². The van der Waals surface area contributed by atoms with E-state index in [1.807, 2.05) is 11.8 Å². The summed E-state index contributed by atoms with van der Waals surface area (Å²) in [6, 6.07) is 7.00. The van der Waals surface area contributed by atoms with Gasteiger partial charge >= 0.3 is 0 Å². The normalized spacial score (nSPS) is 24.6. The van der Waals surface area contributed by atoms with E-state index >= 15 is 0 Å². The smallest absolute Gasteiger partial charge is 0.0669 e. The zero-order chi connectivity index (χ0) is 13.8. The van der Waals surface area contributed by atoms with Gasteiger partial charge in [0.05, 0.1) is 6.10 Å². The number of rotatable bonds is 5. The summed E-state index contributed by atoms with van der Waals surface area (Å²) >= 11 is 1.97. The van der Waals surface area contributed by atoms with E-state index in [-0.39, 0.29) is 6.04 Å². The molecule has 0 bridgehead atoms. The molecule has 1 aliphatic rings. The number of nitrogens with two attached hydrogens (primary N) is 1. The highest BCUT2D eigenvalue weighted by atomic mass is 32.2. The largest absolute Gasteiger partial charge is 0.377 e. The lowest BCUT2D eigenvalue weighted by molar-refractivity contribution is 0.127. The Morgan fingerprint density at radius 2 is 2.26 bits per heavy atom. The fraction of sp³-hybridized carbons (Fsp3) is 0.625. The lowest BCUT2D eigenvalue weighted by atomic mass is 10.0. The number of benzene rings is 1. The molecular formula is C16H25NOS. The van der Waals surface area contributed by atoms with Crippen LogP contribution in [0.1, 0.15) is 37.8 Å². The van der Waals surface area contributed by atoms with Crippen molar-refractivity contribution in [1.29, 1.82) is 0 Å². The second kappa shape index (κ2) is 6.78. The monoisotopic (exact) mass is 279 g/mol. The van der Waals surface area contributed by atoms with Crippen LogP contribution in [0.3, 0.4) is 0 Å². The van der Waals surface area contributed by atoms with Crippen LogP contribution in [0.15, 0.2) is 23.1 Å². The SMILES string of the molecule is CCC(N)Cc1cc(C)ccc1SC1CCOC1C. The van der Waals surface area contributed by atoms with Gasteiger partial charge in [-0.3, -0.25) is 0 Å². The molecule has 3 heteroatoms. The minimum absolute atomic E-state index is 0.262. The average Bonchev–Trinajstić information content (AvgIpc) is 2.78. The molecule has 1 aromatic carbocycles. The Morgan fingerprint density at radius 1 is 1.47 bits per heavy atom. The summed E-state index contributed by atoms with van der Waals surface area (Å²) < 4.78 is 5.66. The molecule has 1 aliphatic heterocycles. The molecule has 1 aromatic rings. The van der Waals surface area contributed by atoms with Crippen molar-refractivity contribution in [2.45, 2.75) is 62.3 Å². The van der Waals surface area contributed by atoms with Gasteiger partial charge < -0.3 is 10.5 Å². The third kappa shape index (κ3) is 3.98. The van der Waals surface area contributed by atoms with E-state index in [2.05, 4.69) is 39.0 Å². The first kappa shape index (κ1) is 14.9. The van der Waals surface area contributed by atoms with Crippen LogP contribution in [0.25, 0.3) is 0 Å². The number of thioether (sulfide) groups is 1. The van der Waals surface area contributed by atoms with Gasteiger partial charge in [0.2, 0.25) is 0 Å². The number of ether oxygens (including phenoxy) is 1. The van der Waals surface area contributed by atoms with Gasteiger partial charge in [0.15, 0.2) is 0 Å². The number of aryl methyl sites for hydroxylation is 1. The lowest BCUT2D eigenvalue weighted by Crippen LogP contribution is -2.22. The highest BCUT2D eigenvalue weighted by Gasteiger charge is 2.26. The van der Waals surface area contributed by atoms with Crippen molar-refractivity contribution in [3.63, 3.8) is 0 Å². The minimum atomic E-state index is 0.262. The standard InChI is InChI=1S/C16H25NOS/c1-4-14(17)10-13-9-11(2)5-6-16(13)19-15-7-8-18-12(15)3/h5-6,9,12,14-15H,4,7-8,10,17H2,1-3H3. The van der Waals surface area contributed by atoms with Gasteiger partial charge in [-0.25, -0.2) is 0 Å². The summed E-state index contributed by atoms with van der Waals surface area (Å²) in [6.45, 7) is 7.38. The molecule has 3 atom stereocenters. The molecule has 0 aromatic heterocycles. The van der Waals surface area contributed by atoms with E-state index in [1.165, 1.54) is 16.0 Å². The highest BCUT2D eigenvalue weighted by molar-refractivity contribution is 8.00. The Bertz CT molecular complexity index is 421. The Morgan fingerprint density at radius 3 is 2.89 bits per heavy atom. The van der Waals surface area contributed by atoms with E-state index in [4.69, 9.17) is 10.5 Å². The van der Waals surface area contributed by atoms with Crippen molar-refractivity contribution < 1.29 is 4.74 Å². The van der Waals surface area contributed by atoms with Gasteiger partial charge in [0.1, 0.15) is 0 Å². The highest BCUT2D eigenvalue weighted by Crippen LogP contribution is 2.35. The second-order valence-corrected chi connectivity index (χ2v) is 6.79. The maximum atomic E-state index is 6.13. The van der Waals surface area contributed by atoms with Crippen molar-refractivity contribution in [1.82, 2.24) is 0 Å². The van der Waals surface area contributed by atoms with Crippen LogP contribution in [0.2, 0.25) is 0 Å². The van der Waals surface area contributed by atoms with Crippen LogP contribution < -0.4 is 5.73 Å². The van der Waals surface area contributed by atoms with E-state index in [0.717, 1.165) is 25.9 Å². The fourth-order valence-electron chi connectivity index (χ4n) is 2.44. The third-order valence-electron chi connectivity index (χ3n) is 3.81. The Balaban J connectivity index is 2.14. The zero-order valence-electron chi connectivity index (χ0n) is 12.2. The molecule has 0 radical (unpaired) electrons.